The molecule has 0 amide bonds. The fourth-order valence-electron chi connectivity index (χ4n) is 4.22. The maximum absolute atomic E-state index is 8.63. The van der Waals surface area contributed by atoms with Crippen LogP contribution >= 0.6 is 11.8 Å². The molecule has 0 aliphatic carbocycles. The van der Waals surface area contributed by atoms with Gasteiger partial charge in [-0.2, -0.15) is 0 Å². The van der Waals surface area contributed by atoms with Gasteiger partial charge in [0, 0.05) is 41.0 Å². The van der Waals surface area contributed by atoms with E-state index in [9.17, 15) is 0 Å². The van der Waals surface area contributed by atoms with Gasteiger partial charge < -0.3 is 14.7 Å². The summed E-state index contributed by atoms with van der Waals surface area (Å²) in [6.07, 6.45) is 2.30. The van der Waals surface area contributed by atoms with Crippen molar-refractivity contribution < 1.29 is 0 Å². The van der Waals surface area contributed by atoms with Crippen molar-refractivity contribution in [2.24, 2.45) is 0 Å². The molecule has 3 rings (SSSR count). The van der Waals surface area contributed by atoms with Crippen molar-refractivity contribution in [3.8, 4) is 0 Å². The molecule has 0 spiro atoms. The molecule has 0 fully saturated rings. The highest BCUT2D eigenvalue weighted by Crippen LogP contribution is 2.48. The molecule has 1 unspecified atom stereocenters. The van der Waals surface area contributed by atoms with Crippen LogP contribution in [0.4, 0.5) is 11.4 Å². The highest BCUT2D eigenvalue weighted by Gasteiger charge is 2.25. The van der Waals surface area contributed by atoms with E-state index in [1.54, 1.807) is 0 Å². The topological polar surface area (TPSA) is 33.6 Å². The quantitative estimate of drug-likeness (QED) is 0.391. The first-order chi connectivity index (χ1) is 14.5. The molecule has 4 nitrogen and oxygen atoms in total. The van der Waals surface area contributed by atoms with Gasteiger partial charge in [-0.1, -0.05) is 37.7 Å². The van der Waals surface area contributed by atoms with Gasteiger partial charge in [0.1, 0.15) is 5.84 Å². The van der Waals surface area contributed by atoms with Crippen molar-refractivity contribution >= 4 is 29.0 Å². The number of hydrogen-bond acceptors (Lipinski definition) is 4. The normalized spacial score (nSPS) is 13.7. The zero-order valence-corrected chi connectivity index (χ0v) is 19.9. The molecule has 1 heterocycles. The van der Waals surface area contributed by atoms with E-state index in [2.05, 4.69) is 91.9 Å². The van der Waals surface area contributed by atoms with Crippen LogP contribution in [0.3, 0.4) is 0 Å². The molecule has 0 radical (unpaired) electrons. The molecule has 1 aliphatic heterocycles. The van der Waals surface area contributed by atoms with Crippen molar-refractivity contribution in [3.05, 3.63) is 48.0 Å². The van der Waals surface area contributed by atoms with Gasteiger partial charge in [0.25, 0.3) is 0 Å². The molecule has 2 aromatic carbocycles. The molecular formula is C25H36N4S. The molecule has 1 aliphatic rings. The van der Waals surface area contributed by atoms with E-state index in [0.29, 0.717) is 11.9 Å². The third-order valence-corrected chi connectivity index (χ3v) is 7.37. The van der Waals surface area contributed by atoms with Gasteiger partial charge in [0.15, 0.2) is 0 Å². The zero-order chi connectivity index (χ0) is 21.7. The Morgan fingerprint density at radius 2 is 1.67 bits per heavy atom. The fourth-order valence-corrected chi connectivity index (χ4v) is 5.35. The van der Waals surface area contributed by atoms with Crippen LogP contribution < -0.4 is 4.90 Å². The highest BCUT2D eigenvalue weighted by molar-refractivity contribution is 7.99. The van der Waals surface area contributed by atoms with Crippen LogP contribution in [0.15, 0.2) is 52.3 Å². The predicted octanol–water partition coefficient (Wildman–Crippen LogP) is 6.08. The lowest BCUT2D eigenvalue weighted by molar-refractivity contribution is 0.237. The van der Waals surface area contributed by atoms with Crippen molar-refractivity contribution in [3.63, 3.8) is 0 Å². The number of fused-ring (bicyclic) bond motifs is 2. The first-order valence-corrected chi connectivity index (χ1v) is 12.1. The van der Waals surface area contributed by atoms with Crippen LogP contribution in [-0.2, 0) is 0 Å². The second-order valence-corrected chi connectivity index (χ2v) is 8.93. The third-order valence-electron chi connectivity index (χ3n) is 6.26. The Morgan fingerprint density at radius 3 is 2.33 bits per heavy atom. The Hall–Kier alpha value is -1.98. The standard InChI is InChI=1S/C25H36N4S/c1-6-20(27(5)7-2)16-17-29-21-12-10-11-13-23(21)30-24-18-19(14-15-22(24)29)25(26)28(8-3)9-4/h10-15,18,20,26H,6-9,16-17H2,1-5H3. The maximum Gasteiger partial charge on any atom is 0.128 e. The van der Waals surface area contributed by atoms with Crippen LogP contribution in [0.5, 0.6) is 0 Å². The summed E-state index contributed by atoms with van der Waals surface area (Å²) < 4.78 is 0. The minimum absolute atomic E-state index is 0.593. The maximum atomic E-state index is 8.63. The van der Waals surface area contributed by atoms with Crippen LogP contribution in [0.25, 0.3) is 0 Å². The van der Waals surface area contributed by atoms with Crippen molar-refractivity contribution in [2.45, 2.75) is 56.4 Å². The zero-order valence-electron chi connectivity index (χ0n) is 19.1. The van der Waals surface area contributed by atoms with Crippen LogP contribution in [-0.4, -0.2) is 54.9 Å². The Kier molecular flexibility index (Phi) is 7.84. The molecule has 162 valence electrons. The van der Waals surface area contributed by atoms with Crippen molar-refractivity contribution in [1.29, 1.82) is 5.41 Å². The lowest BCUT2D eigenvalue weighted by atomic mass is 10.1. The summed E-state index contributed by atoms with van der Waals surface area (Å²) in [5, 5.41) is 8.63. The molecule has 0 saturated carbocycles. The molecule has 0 bridgehead atoms. The SMILES string of the molecule is CCC(CCN1c2ccccc2Sc2cc(C(=N)N(CC)CC)ccc21)N(C)CC. The van der Waals surface area contributed by atoms with Gasteiger partial charge in [0.05, 0.1) is 11.4 Å². The van der Waals surface area contributed by atoms with E-state index in [1.165, 1.54) is 27.6 Å². The van der Waals surface area contributed by atoms with Gasteiger partial charge in [0.2, 0.25) is 0 Å². The molecule has 5 heteroatoms. The van der Waals surface area contributed by atoms with Gasteiger partial charge in [-0.3, -0.25) is 5.41 Å². The molecular weight excluding hydrogens is 388 g/mol. The van der Waals surface area contributed by atoms with E-state index in [1.807, 2.05) is 11.8 Å². The Bertz CT molecular complexity index is 862. The number of benzene rings is 2. The van der Waals surface area contributed by atoms with E-state index in [4.69, 9.17) is 5.41 Å². The average molecular weight is 425 g/mol. The summed E-state index contributed by atoms with van der Waals surface area (Å²) in [5.41, 5.74) is 3.57. The summed E-state index contributed by atoms with van der Waals surface area (Å²) >= 11 is 1.83. The van der Waals surface area contributed by atoms with Gasteiger partial charge in [-0.25, -0.2) is 0 Å². The van der Waals surface area contributed by atoms with Gasteiger partial charge in [-0.05, 0) is 70.6 Å². The number of rotatable bonds is 9. The fraction of sp³-hybridized carbons (Fsp3) is 0.480. The lowest BCUT2D eigenvalue weighted by Gasteiger charge is -2.35. The van der Waals surface area contributed by atoms with E-state index < -0.39 is 0 Å². The first kappa shape index (κ1) is 22.7. The Morgan fingerprint density at radius 1 is 0.967 bits per heavy atom. The minimum atomic E-state index is 0.593. The third kappa shape index (κ3) is 4.68. The second-order valence-electron chi connectivity index (χ2n) is 7.85. The van der Waals surface area contributed by atoms with Crippen molar-refractivity contribution in [2.75, 3.05) is 38.1 Å². The second kappa shape index (κ2) is 10.4. The molecule has 1 atom stereocenters. The van der Waals surface area contributed by atoms with Gasteiger partial charge >= 0.3 is 0 Å². The van der Waals surface area contributed by atoms with Crippen LogP contribution in [0.2, 0.25) is 0 Å². The number of hydrogen-bond donors (Lipinski definition) is 1. The Balaban J connectivity index is 1.92. The van der Waals surface area contributed by atoms with Crippen LogP contribution in [0, 0.1) is 5.41 Å². The summed E-state index contributed by atoms with van der Waals surface area (Å²) in [6, 6.07) is 15.9. The smallest absolute Gasteiger partial charge is 0.128 e. The largest absolute Gasteiger partial charge is 0.357 e. The number of nitrogens with zero attached hydrogens (tertiary/aromatic N) is 3. The number of amidine groups is 1. The highest BCUT2D eigenvalue weighted by atomic mass is 32.2. The van der Waals surface area contributed by atoms with Crippen molar-refractivity contribution in [1.82, 2.24) is 9.80 Å². The number of para-hydroxylation sites is 1. The molecule has 0 aromatic heterocycles. The molecule has 0 saturated heterocycles. The molecule has 1 N–H and O–H groups in total. The number of anilines is 2. The van der Waals surface area contributed by atoms with Gasteiger partial charge in [-0.15, -0.1) is 0 Å². The van der Waals surface area contributed by atoms with E-state index in [0.717, 1.165) is 38.2 Å². The monoisotopic (exact) mass is 424 g/mol. The van der Waals surface area contributed by atoms with E-state index >= 15 is 0 Å². The lowest BCUT2D eigenvalue weighted by Crippen LogP contribution is -2.35. The van der Waals surface area contributed by atoms with Crippen LogP contribution in [0.1, 0.15) is 46.1 Å². The summed E-state index contributed by atoms with van der Waals surface area (Å²) in [7, 11) is 2.23. The summed E-state index contributed by atoms with van der Waals surface area (Å²) in [6.45, 7) is 12.5. The summed E-state index contributed by atoms with van der Waals surface area (Å²) in [4.78, 5) is 9.60. The Labute approximate surface area is 186 Å². The first-order valence-electron chi connectivity index (χ1n) is 11.3. The molecule has 30 heavy (non-hydrogen) atoms. The summed E-state index contributed by atoms with van der Waals surface area (Å²) in [5.74, 6) is 0.615. The minimum Gasteiger partial charge on any atom is -0.357 e. The molecule has 2 aromatic rings. The predicted molar refractivity (Wildman–Crippen MR) is 131 cm³/mol. The average Bonchev–Trinajstić information content (AvgIpc) is 2.78. The van der Waals surface area contributed by atoms with E-state index in [-0.39, 0.29) is 0 Å². The number of nitrogens with one attached hydrogen (secondary N) is 1.